The van der Waals surface area contributed by atoms with Crippen LogP contribution in [0.4, 0.5) is 0 Å². The molecule has 2 N–H and O–H groups in total. The number of hydrogen-bond donors (Lipinski definition) is 2. The van der Waals surface area contributed by atoms with Crippen molar-refractivity contribution in [3.63, 3.8) is 0 Å². The largest absolute Gasteiger partial charge is 0.464 e. The quantitative estimate of drug-likeness (QED) is 0.777. The van der Waals surface area contributed by atoms with Crippen molar-refractivity contribution < 1.29 is 12.8 Å². The number of aryl methyl sites for hydroxylation is 1. The summed E-state index contributed by atoms with van der Waals surface area (Å²) >= 11 is 0. The third-order valence-corrected chi connectivity index (χ3v) is 5.00. The lowest BCUT2D eigenvalue weighted by molar-refractivity contribution is 0.134. The van der Waals surface area contributed by atoms with Crippen LogP contribution >= 0.6 is 0 Å². The van der Waals surface area contributed by atoms with Crippen LogP contribution in [0.15, 0.2) is 15.4 Å². The van der Waals surface area contributed by atoms with Gasteiger partial charge in [-0.05, 0) is 20.5 Å². The summed E-state index contributed by atoms with van der Waals surface area (Å²) < 4.78 is 30.4. The van der Waals surface area contributed by atoms with Crippen molar-refractivity contribution >= 4 is 10.0 Å². The van der Waals surface area contributed by atoms with Crippen molar-refractivity contribution in [1.29, 1.82) is 0 Å². The van der Waals surface area contributed by atoms with E-state index in [1.807, 2.05) is 14.0 Å². The number of furan rings is 1. The zero-order chi connectivity index (χ0) is 15.5. The van der Waals surface area contributed by atoms with E-state index in [9.17, 15) is 8.42 Å². The highest BCUT2D eigenvalue weighted by Gasteiger charge is 2.25. The molecule has 0 unspecified atom stereocenters. The molecule has 0 saturated carbocycles. The maximum Gasteiger partial charge on any atom is 0.256 e. The summed E-state index contributed by atoms with van der Waals surface area (Å²) in [6.45, 7) is 8.05. The molecule has 0 aromatic carbocycles. The average Bonchev–Trinajstić information content (AvgIpc) is 2.81. The monoisotopic (exact) mass is 316 g/mol. The van der Waals surface area contributed by atoms with Gasteiger partial charge in [-0.2, -0.15) is 0 Å². The first-order valence-corrected chi connectivity index (χ1v) is 8.66. The Morgan fingerprint density at radius 3 is 2.57 bits per heavy atom. The molecule has 0 aliphatic carbocycles. The third kappa shape index (κ3) is 4.27. The fraction of sp³-hybridized carbons (Fsp3) is 0.692. The van der Waals surface area contributed by atoms with Gasteiger partial charge >= 0.3 is 0 Å². The molecule has 2 heterocycles. The van der Waals surface area contributed by atoms with Crippen LogP contribution in [-0.4, -0.2) is 58.1 Å². The maximum atomic E-state index is 12.4. The molecule has 8 heteroatoms. The Kier molecular flexibility index (Phi) is 5.39. The zero-order valence-electron chi connectivity index (χ0n) is 12.8. The number of hydrazine groups is 1. The molecule has 0 radical (unpaired) electrons. The SMILES string of the molecule is CCNCc1cc(S(=O)(=O)NN2CCN(C)CC2)c(C)o1. The van der Waals surface area contributed by atoms with E-state index in [1.54, 1.807) is 18.0 Å². The molecule has 21 heavy (non-hydrogen) atoms. The second-order valence-electron chi connectivity index (χ2n) is 5.30. The van der Waals surface area contributed by atoms with E-state index in [0.29, 0.717) is 31.2 Å². The van der Waals surface area contributed by atoms with Crippen molar-refractivity contribution in [2.75, 3.05) is 39.8 Å². The van der Waals surface area contributed by atoms with Gasteiger partial charge in [0.25, 0.3) is 10.0 Å². The number of rotatable bonds is 6. The molecule has 1 aliphatic heterocycles. The summed E-state index contributed by atoms with van der Waals surface area (Å²) in [4.78, 5) is 5.03. The van der Waals surface area contributed by atoms with Gasteiger partial charge in [-0.1, -0.05) is 6.92 Å². The maximum absolute atomic E-state index is 12.4. The van der Waals surface area contributed by atoms with E-state index in [4.69, 9.17) is 4.42 Å². The molecule has 0 spiro atoms. The standard InChI is InChI=1S/C13H24N4O3S/c1-4-14-10-12-9-13(11(2)20-12)21(18,19)15-17-7-5-16(3)6-8-17/h9,14-15H,4-8,10H2,1-3H3. The average molecular weight is 316 g/mol. The van der Waals surface area contributed by atoms with Crippen LogP contribution in [-0.2, 0) is 16.6 Å². The minimum atomic E-state index is -3.58. The summed E-state index contributed by atoms with van der Waals surface area (Å²) in [5, 5.41) is 4.86. The summed E-state index contributed by atoms with van der Waals surface area (Å²) in [6.07, 6.45) is 0. The highest BCUT2D eigenvalue weighted by molar-refractivity contribution is 7.89. The normalized spacial score (nSPS) is 18.2. The minimum Gasteiger partial charge on any atom is -0.464 e. The predicted molar refractivity (Wildman–Crippen MR) is 80.2 cm³/mol. The molecule has 120 valence electrons. The first kappa shape index (κ1) is 16.4. The minimum absolute atomic E-state index is 0.217. The van der Waals surface area contributed by atoms with Crippen molar-refractivity contribution in [3.8, 4) is 0 Å². The molecule has 1 aromatic heterocycles. The smallest absolute Gasteiger partial charge is 0.256 e. The first-order valence-electron chi connectivity index (χ1n) is 7.18. The Morgan fingerprint density at radius 1 is 1.29 bits per heavy atom. The van der Waals surface area contributed by atoms with Crippen LogP contribution in [0.5, 0.6) is 0 Å². The van der Waals surface area contributed by atoms with Crippen LogP contribution in [0.25, 0.3) is 0 Å². The van der Waals surface area contributed by atoms with Crippen molar-refractivity contribution in [3.05, 3.63) is 17.6 Å². The molecule has 0 atom stereocenters. The number of sulfonamides is 1. The molecule has 1 aromatic rings. The van der Waals surface area contributed by atoms with E-state index in [0.717, 1.165) is 19.6 Å². The van der Waals surface area contributed by atoms with Crippen LogP contribution in [0.3, 0.4) is 0 Å². The number of nitrogens with one attached hydrogen (secondary N) is 2. The Balaban J connectivity index is 2.06. The zero-order valence-corrected chi connectivity index (χ0v) is 13.7. The van der Waals surface area contributed by atoms with Gasteiger partial charge in [0, 0.05) is 32.2 Å². The fourth-order valence-corrected chi connectivity index (χ4v) is 3.57. The van der Waals surface area contributed by atoms with Gasteiger partial charge in [0.15, 0.2) is 0 Å². The van der Waals surface area contributed by atoms with Crippen LogP contribution in [0.2, 0.25) is 0 Å². The molecular weight excluding hydrogens is 292 g/mol. The van der Waals surface area contributed by atoms with E-state index >= 15 is 0 Å². The van der Waals surface area contributed by atoms with E-state index in [2.05, 4.69) is 15.0 Å². The predicted octanol–water partition coefficient (Wildman–Crippen LogP) is 0.138. The van der Waals surface area contributed by atoms with Gasteiger partial charge in [-0.15, -0.1) is 4.83 Å². The lowest BCUT2D eigenvalue weighted by atomic mass is 10.4. The number of likely N-dealkylation sites (N-methyl/N-ethyl adjacent to an activating group) is 1. The van der Waals surface area contributed by atoms with E-state index < -0.39 is 10.0 Å². The van der Waals surface area contributed by atoms with Crippen molar-refractivity contribution in [2.24, 2.45) is 0 Å². The van der Waals surface area contributed by atoms with Gasteiger partial charge in [-0.3, -0.25) is 0 Å². The van der Waals surface area contributed by atoms with Gasteiger partial charge in [0.1, 0.15) is 16.4 Å². The Labute approximate surface area is 126 Å². The summed E-state index contributed by atoms with van der Waals surface area (Å²) in [6, 6.07) is 1.59. The fourth-order valence-electron chi connectivity index (χ4n) is 2.24. The van der Waals surface area contributed by atoms with Crippen LogP contribution < -0.4 is 10.1 Å². The summed E-state index contributed by atoms with van der Waals surface area (Å²) in [5.74, 6) is 1.05. The molecule has 0 amide bonds. The highest BCUT2D eigenvalue weighted by Crippen LogP contribution is 2.20. The van der Waals surface area contributed by atoms with Crippen LogP contribution in [0.1, 0.15) is 18.4 Å². The van der Waals surface area contributed by atoms with Crippen LogP contribution in [0, 0.1) is 6.92 Å². The third-order valence-electron chi connectivity index (χ3n) is 3.51. The molecule has 1 saturated heterocycles. The first-order chi connectivity index (χ1) is 9.92. The van der Waals surface area contributed by atoms with Gasteiger partial charge in [-0.25, -0.2) is 13.4 Å². The molecular formula is C13H24N4O3S. The molecule has 1 fully saturated rings. The number of piperazine rings is 1. The molecule has 1 aliphatic rings. The highest BCUT2D eigenvalue weighted by atomic mass is 32.2. The summed E-state index contributed by atoms with van der Waals surface area (Å²) in [5.41, 5.74) is 0. The Morgan fingerprint density at radius 2 is 1.95 bits per heavy atom. The lowest BCUT2D eigenvalue weighted by Gasteiger charge is -2.31. The summed E-state index contributed by atoms with van der Waals surface area (Å²) in [7, 11) is -1.55. The topological polar surface area (TPSA) is 77.8 Å². The van der Waals surface area contributed by atoms with E-state index in [-0.39, 0.29) is 4.90 Å². The van der Waals surface area contributed by atoms with Gasteiger partial charge in [0.2, 0.25) is 0 Å². The van der Waals surface area contributed by atoms with Crippen molar-refractivity contribution in [2.45, 2.75) is 25.3 Å². The molecule has 0 bridgehead atoms. The van der Waals surface area contributed by atoms with Crippen molar-refractivity contribution in [1.82, 2.24) is 20.1 Å². The number of nitrogens with zero attached hydrogens (tertiary/aromatic N) is 2. The Hall–Kier alpha value is -0.930. The lowest BCUT2D eigenvalue weighted by Crippen LogP contribution is -2.52. The Bertz CT molecular complexity index is 562. The molecule has 7 nitrogen and oxygen atoms in total. The second-order valence-corrected chi connectivity index (χ2v) is 6.93. The van der Waals surface area contributed by atoms with E-state index in [1.165, 1.54) is 0 Å². The second kappa shape index (κ2) is 6.89. The molecule has 2 rings (SSSR count). The van der Waals surface area contributed by atoms with Gasteiger partial charge in [0.05, 0.1) is 6.54 Å². The number of hydrogen-bond acceptors (Lipinski definition) is 6. The van der Waals surface area contributed by atoms with Gasteiger partial charge < -0.3 is 14.6 Å².